The minimum absolute atomic E-state index is 0.210. The molecule has 1 aliphatic heterocycles. The third-order valence-corrected chi connectivity index (χ3v) is 10.6. The lowest BCUT2D eigenvalue weighted by atomic mass is 9.78. The molecule has 0 spiro atoms. The molecule has 4 atom stereocenters. The van der Waals surface area contributed by atoms with Crippen LogP contribution in [0.5, 0.6) is 0 Å². The third-order valence-electron chi connectivity index (χ3n) is 10.6. The highest BCUT2D eigenvalue weighted by molar-refractivity contribution is 5.89. The maximum Gasteiger partial charge on any atom is 0.425 e. The second-order valence-electron chi connectivity index (χ2n) is 14.6. The zero-order chi connectivity index (χ0) is 40.1. The van der Waals surface area contributed by atoms with Gasteiger partial charge in [-0.3, -0.25) is 9.59 Å². The predicted octanol–water partition coefficient (Wildman–Crippen LogP) is 7.02. The number of carbonyl (C=O) groups is 4. The summed E-state index contributed by atoms with van der Waals surface area (Å²) in [6.45, 7) is 9.73. The van der Waals surface area contributed by atoms with Crippen LogP contribution >= 0.6 is 0 Å². The number of aromatic nitrogens is 4. The zero-order valence-electron chi connectivity index (χ0n) is 32.4. The summed E-state index contributed by atoms with van der Waals surface area (Å²) in [5.41, 5.74) is 7.07. The van der Waals surface area contributed by atoms with E-state index >= 15 is 4.39 Å². The summed E-state index contributed by atoms with van der Waals surface area (Å²) in [4.78, 5) is 68.6. The number of carbonyl (C=O) groups excluding carboxylic acids is 4. The summed E-state index contributed by atoms with van der Waals surface area (Å²) in [6, 6.07) is 11.3. The van der Waals surface area contributed by atoms with Crippen molar-refractivity contribution in [2.75, 3.05) is 20.8 Å². The van der Waals surface area contributed by atoms with Gasteiger partial charge in [0.1, 0.15) is 23.5 Å². The SMILES string of the molecule is C=C(C)[C@H](NC(=O)OC)C(=O)N1CCC[C@H]1c1ncc(-c2ccc(-c3ccc(-c4cnc(C5CCCC[C@@H]5C(=O)N(NC(=O)OC)C(C)C)[nH]4)c(F)c3)cc2)[nH]1. The predicted molar refractivity (Wildman–Crippen MR) is 207 cm³/mol. The van der Waals surface area contributed by atoms with E-state index in [1.165, 1.54) is 25.3 Å². The Balaban J connectivity index is 1.14. The molecule has 3 heterocycles. The molecule has 1 saturated carbocycles. The van der Waals surface area contributed by atoms with E-state index in [9.17, 15) is 19.2 Å². The number of methoxy groups -OCH3 is 2. The number of alkyl carbamates (subject to hydrolysis) is 1. The Morgan fingerprint density at radius 3 is 2.20 bits per heavy atom. The Kier molecular flexibility index (Phi) is 12.2. The maximum atomic E-state index is 15.8. The van der Waals surface area contributed by atoms with Gasteiger partial charge in [-0.1, -0.05) is 49.8 Å². The molecule has 1 saturated heterocycles. The van der Waals surface area contributed by atoms with E-state index in [1.54, 1.807) is 30.3 Å². The molecule has 15 heteroatoms. The lowest BCUT2D eigenvalue weighted by Gasteiger charge is -2.35. The van der Waals surface area contributed by atoms with Crippen molar-refractivity contribution in [2.24, 2.45) is 5.92 Å². The molecule has 296 valence electrons. The van der Waals surface area contributed by atoms with Crippen molar-refractivity contribution in [3.63, 3.8) is 0 Å². The highest BCUT2D eigenvalue weighted by Gasteiger charge is 2.39. The number of benzene rings is 2. The van der Waals surface area contributed by atoms with Crippen molar-refractivity contribution in [1.29, 1.82) is 0 Å². The Morgan fingerprint density at radius 2 is 1.52 bits per heavy atom. The summed E-state index contributed by atoms with van der Waals surface area (Å²) in [5, 5.41) is 3.89. The maximum absolute atomic E-state index is 15.8. The lowest BCUT2D eigenvalue weighted by Crippen LogP contribution is -2.53. The summed E-state index contributed by atoms with van der Waals surface area (Å²) < 4.78 is 25.2. The minimum atomic E-state index is -0.909. The number of nitrogens with one attached hydrogen (secondary N) is 4. The number of halogens is 1. The second-order valence-corrected chi connectivity index (χ2v) is 14.6. The van der Waals surface area contributed by atoms with Crippen LogP contribution < -0.4 is 10.7 Å². The van der Waals surface area contributed by atoms with Gasteiger partial charge in [0.15, 0.2) is 0 Å². The average molecular weight is 769 g/mol. The Hall–Kier alpha value is -5.99. The van der Waals surface area contributed by atoms with E-state index in [1.807, 2.05) is 44.2 Å². The quantitative estimate of drug-likeness (QED) is 0.0984. The van der Waals surface area contributed by atoms with Crippen LogP contribution in [0, 0.1) is 11.7 Å². The number of amides is 4. The number of imidazole rings is 2. The van der Waals surface area contributed by atoms with Crippen molar-refractivity contribution >= 4 is 24.0 Å². The fourth-order valence-corrected chi connectivity index (χ4v) is 7.64. The largest absolute Gasteiger partial charge is 0.453 e. The highest BCUT2D eigenvalue weighted by atomic mass is 19.1. The molecular weight excluding hydrogens is 719 g/mol. The molecule has 0 bridgehead atoms. The number of H-pyrrole nitrogens is 2. The number of ether oxygens (including phenoxy) is 2. The molecule has 1 aliphatic carbocycles. The van der Waals surface area contributed by atoms with Crippen LogP contribution in [0.15, 0.2) is 67.0 Å². The summed E-state index contributed by atoms with van der Waals surface area (Å²) in [6.07, 6.45) is 6.59. The summed E-state index contributed by atoms with van der Waals surface area (Å²) >= 11 is 0. The normalized spacial score (nSPS) is 18.6. The van der Waals surface area contributed by atoms with Gasteiger partial charge >= 0.3 is 12.2 Å². The van der Waals surface area contributed by atoms with E-state index in [0.717, 1.165) is 42.5 Å². The van der Waals surface area contributed by atoms with Crippen LogP contribution in [-0.4, -0.2) is 86.7 Å². The smallest absolute Gasteiger partial charge is 0.425 e. The van der Waals surface area contributed by atoms with Crippen molar-refractivity contribution in [3.8, 4) is 33.6 Å². The number of hydrogen-bond donors (Lipinski definition) is 4. The van der Waals surface area contributed by atoms with Crippen molar-refractivity contribution in [3.05, 3.63) is 84.5 Å². The van der Waals surface area contributed by atoms with E-state index in [4.69, 9.17) is 9.47 Å². The van der Waals surface area contributed by atoms with Crippen molar-refractivity contribution in [1.82, 2.24) is 40.6 Å². The number of likely N-dealkylation sites (tertiary alicyclic amines) is 1. The molecule has 6 rings (SSSR count). The number of nitrogens with zero attached hydrogens (tertiary/aromatic N) is 4. The molecule has 56 heavy (non-hydrogen) atoms. The first-order chi connectivity index (χ1) is 26.9. The monoisotopic (exact) mass is 768 g/mol. The molecule has 4 aromatic rings. The first-order valence-electron chi connectivity index (χ1n) is 18.9. The van der Waals surface area contributed by atoms with E-state index < -0.39 is 30.0 Å². The Morgan fingerprint density at radius 1 is 0.875 bits per heavy atom. The molecule has 14 nitrogen and oxygen atoms in total. The fraction of sp³-hybridized carbons (Fsp3) is 0.415. The molecule has 0 radical (unpaired) electrons. The fourth-order valence-electron chi connectivity index (χ4n) is 7.64. The van der Waals surface area contributed by atoms with Crippen LogP contribution in [0.3, 0.4) is 0 Å². The minimum Gasteiger partial charge on any atom is -0.453 e. The van der Waals surface area contributed by atoms with Crippen LogP contribution in [0.4, 0.5) is 14.0 Å². The number of hydrazine groups is 1. The third kappa shape index (κ3) is 8.46. The van der Waals surface area contributed by atoms with Crippen molar-refractivity contribution < 1.29 is 33.0 Å². The van der Waals surface area contributed by atoms with Gasteiger partial charge in [-0.05, 0) is 80.9 Å². The molecule has 1 unspecified atom stereocenters. The first-order valence-corrected chi connectivity index (χ1v) is 18.9. The van der Waals surface area contributed by atoms with Gasteiger partial charge in [-0.2, -0.15) is 0 Å². The van der Waals surface area contributed by atoms with Gasteiger partial charge in [0.2, 0.25) is 11.8 Å². The lowest BCUT2D eigenvalue weighted by molar-refractivity contribution is -0.142. The van der Waals surface area contributed by atoms with Gasteiger partial charge < -0.3 is 29.7 Å². The zero-order valence-corrected chi connectivity index (χ0v) is 32.4. The Bertz CT molecular complexity index is 2080. The van der Waals surface area contributed by atoms with E-state index in [-0.39, 0.29) is 29.8 Å². The molecule has 2 aromatic carbocycles. The summed E-state index contributed by atoms with van der Waals surface area (Å²) in [5.74, 6) is -0.279. The summed E-state index contributed by atoms with van der Waals surface area (Å²) in [7, 11) is 2.49. The topological polar surface area (TPSA) is 175 Å². The molecule has 2 aromatic heterocycles. The van der Waals surface area contributed by atoms with E-state index in [0.29, 0.717) is 53.4 Å². The molecular formula is C41H49FN8O6. The van der Waals surface area contributed by atoms with Crippen LogP contribution in [0.25, 0.3) is 33.6 Å². The van der Waals surface area contributed by atoms with Crippen LogP contribution in [-0.2, 0) is 19.1 Å². The highest BCUT2D eigenvalue weighted by Crippen LogP contribution is 2.39. The molecule has 2 aliphatic rings. The standard InChI is InChI=1S/C41H49FN8O6/c1-23(2)35(47-40(53)55-5)39(52)49-19-9-12-34(49)37-44-21-32(45-37)26-15-13-25(14-16-26)27-17-18-30(31(42)20-27)33-22-43-36(46-33)28-10-7-8-11-29(28)38(51)50(24(3)4)48-41(54)56-6/h13-18,20-22,24,28-29,34-35H,1,7-12,19H2,2-6H3,(H,43,46)(H,44,45)(H,47,53)(H,48,54)/t28?,29-,34-,35-/m0/s1. The number of hydrogen-bond acceptors (Lipinski definition) is 8. The average Bonchev–Trinajstić information content (AvgIpc) is 4.00. The number of rotatable bonds is 10. The molecule has 2 fully saturated rings. The Labute approximate surface area is 325 Å². The molecule has 4 N–H and O–H groups in total. The van der Waals surface area contributed by atoms with E-state index in [2.05, 4.69) is 37.3 Å². The van der Waals surface area contributed by atoms with Gasteiger partial charge in [0.25, 0.3) is 0 Å². The van der Waals surface area contributed by atoms with Gasteiger partial charge in [0, 0.05) is 30.0 Å². The van der Waals surface area contributed by atoms with Gasteiger partial charge in [0.05, 0.1) is 44.0 Å². The van der Waals surface area contributed by atoms with Crippen LogP contribution in [0.1, 0.15) is 82.9 Å². The van der Waals surface area contributed by atoms with Crippen LogP contribution in [0.2, 0.25) is 0 Å². The van der Waals surface area contributed by atoms with Gasteiger partial charge in [-0.25, -0.2) is 34.4 Å². The van der Waals surface area contributed by atoms with Crippen molar-refractivity contribution in [2.45, 2.75) is 83.3 Å². The van der Waals surface area contributed by atoms with Gasteiger partial charge in [-0.15, -0.1) is 0 Å². The second kappa shape index (κ2) is 17.2. The first kappa shape index (κ1) is 39.7. The molecule has 4 amide bonds. The number of aromatic amines is 2.